The fraction of sp³-hybridized carbons (Fsp3) is 0. The molecule has 10 heteroatoms. The van der Waals surface area contributed by atoms with Gasteiger partial charge in [0.1, 0.15) is 4.92 Å². The fourth-order valence-corrected chi connectivity index (χ4v) is 2.46. The quantitative estimate of drug-likeness (QED) is 0.412. The molecule has 3 aromatic heterocycles. The second kappa shape index (κ2) is 7.11. The molecule has 138 valence electrons. The Labute approximate surface area is 157 Å². The average Bonchev–Trinajstić information content (AvgIpc) is 3.39. The SMILES string of the molecule is O=C(Nc1ccccc1-c1nc(-c2ccncc2)no1)c1ccc([N+](=O)[O-])o1. The molecule has 0 aliphatic heterocycles. The van der Waals surface area contributed by atoms with E-state index in [1.165, 1.54) is 6.07 Å². The molecule has 1 aromatic carbocycles. The van der Waals surface area contributed by atoms with Crippen LogP contribution in [0.4, 0.5) is 11.6 Å². The topological polar surface area (TPSA) is 137 Å². The number of anilines is 1. The number of aromatic nitrogens is 3. The third-order valence-corrected chi connectivity index (χ3v) is 3.77. The molecule has 0 saturated carbocycles. The molecule has 28 heavy (non-hydrogen) atoms. The van der Waals surface area contributed by atoms with Gasteiger partial charge in [0.25, 0.3) is 11.8 Å². The second-order valence-electron chi connectivity index (χ2n) is 5.55. The van der Waals surface area contributed by atoms with E-state index in [9.17, 15) is 14.9 Å². The van der Waals surface area contributed by atoms with Gasteiger partial charge in [0.05, 0.1) is 17.3 Å². The van der Waals surface area contributed by atoms with Gasteiger partial charge in [-0.05, 0) is 30.3 Å². The Kier molecular flexibility index (Phi) is 4.34. The Hall–Kier alpha value is -4.34. The molecule has 1 N–H and O–H groups in total. The Morgan fingerprint density at radius 2 is 1.86 bits per heavy atom. The molecule has 0 fully saturated rings. The fourth-order valence-electron chi connectivity index (χ4n) is 2.46. The van der Waals surface area contributed by atoms with Crippen molar-refractivity contribution < 1.29 is 18.7 Å². The molecule has 0 bridgehead atoms. The molecular weight excluding hydrogens is 366 g/mol. The molecular formula is C18H11N5O5. The van der Waals surface area contributed by atoms with E-state index >= 15 is 0 Å². The minimum absolute atomic E-state index is 0.190. The molecule has 3 heterocycles. The third-order valence-electron chi connectivity index (χ3n) is 3.77. The molecule has 0 aliphatic rings. The Morgan fingerprint density at radius 1 is 1.07 bits per heavy atom. The van der Waals surface area contributed by atoms with Gasteiger partial charge in [-0.2, -0.15) is 4.98 Å². The van der Waals surface area contributed by atoms with Crippen LogP contribution in [0.5, 0.6) is 0 Å². The maximum absolute atomic E-state index is 12.4. The molecule has 0 atom stereocenters. The lowest BCUT2D eigenvalue weighted by Gasteiger charge is -2.06. The minimum Gasteiger partial charge on any atom is -0.395 e. The van der Waals surface area contributed by atoms with Gasteiger partial charge >= 0.3 is 5.88 Å². The van der Waals surface area contributed by atoms with Gasteiger partial charge in [-0.25, -0.2) is 0 Å². The van der Waals surface area contributed by atoms with Gasteiger partial charge in [0.2, 0.25) is 5.82 Å². The van der Waals surface area contributed by atoms with Crippen LogP contribution >= 0.6 is 0 Å². The van der Waals surface area contributed by atoms with E-state index in [2.05, 4.69) is 20.4 Å². The van der Waals surface area contributed by atoms with E-state index < -0.39 is 16.7 Å². The Balaban J connectivity index is 1.61. The predicted molar refractivity (Wildman–Crippen MR) is 96.3 cm³/mol. The van der Waals surface area contributed by atoms with Crippen LogP contribution in [0.15, 0.2) is 69.9 Å². The van der Waals surface area contributed by atoms with Crippen molar-refractivity contribution in [1.29, 1.82) is 0 Å². The highest BCUT2D eigenvalue weighted by molar-refractivity contribution is 6.04. The zero-order valence-corrected chi connectivity index (χ0v) is 14.1. The number of nitrogens with zero attached hydrogens (tertiary/aromatic N) is 4. The van der Waals surface area contributed by atoms with Crippen LogP contribution < -0.4 is 5.32 Å². The number of nitrogens with one attached hydrogen (secondary N) is 1. The van der Waals surface area contributed by atoms with Crippen LogP contribution in [-0.4, -0.2) is 26.0 Å². The van der Waals surface area contributed by atoms with Gasteiger partial charge in [0.15, 0.2) is 5.76 Å². The van der Waals surface area contributed by atoms with Crippen molar-refractivity contribution in [2.45, 2.75) is 0 Å². The molecule has 0 radical (unpaired) electrons. The summed E-state index contributed by atoms with van der Waals surface area (Å²) in [7, 11) is 0. The zero-order valence-electron chi connectivity index (χ0n) is 14.1. The smallest absolute Gasteiger partial charge is 0.395 e. The van der Waals surface area contributed by atoms with E-state index in [-0.39, 0.29) is 11.7 Å². The normalized spacial score (nSPS) is 10.6. The van der Waals surface area contributed by atoms with E-state index in [0.717, 1.165) is 11.6 Å². The Bertz CT molecular complexity index is 1150. The largest absolute Gasteiger partial charge is 0.433 e. The number of pyridine rings is 1. The number of carbonyl (C=O) groups is 1. The first-order chi connectivity index (χ1) is 13.6. The first kappa shape index (κ1) is 17.1. The monoisotopic (exact) mass is 377 g/mol. The molecule has 4 rings (SSSR count). The summed E-state index contributed by atoms with van der Waals surface area (Å²) in [4.78, 5) is 30.6. The van der Waals surface area contributed by atoms with Crippen molar-refractivity contribution in [1.82, 2.24) is 15.1 Å². The molecule has 10 nitrogen and oxygen atoms in total. The molecule has 4 aromatic rings. The summed E-state index contributed by atoms with van der Waals surface area (Å²) in [5.41, 5.74) is 1.61. The number of carbonyl (C=O) groups excluding carboxylic acids is 1. The van der Waals surface area contributed by atoms with Crippen molar-refractivity contribution in [2.24, 2.45) is 0 Å². The van der Waals surface area contributed by atoms with Gasteiger partial charge in [0, 0.05) is 18.0 Å². The van der Waals surface area contributed by atoms with Crippen LogP contribution in [0.3, 0.4) is 0 Å². The summed E-state index contributed by atoms with van der Waals surface area (Å²) in [6, 6.07) is 12.6. The standard InChI is InChI=1S/C18H11N5O5/c24-17(14-5-6-15(27-14)23(25)26)20-13-4-2-1-3-12(13)18-21-16(22-28-18)11-7-9-19-10-8-11/h1-10H,(H,20,24). The van der Waals surface area contributed by atoms with Crippen molar-refractivity contribution >= 4 is 17.5 Å². The lowest BCUT2D eigenvalue weighted by Crippen LogP contribution is -2.11. The highest BCUT2D eigenvalue weighted by atomic mass is 16.6. The van der Waals surface area contributed by atoms with Crippen molar-refractivity contribution in [2.75, 3.05) is 5.32 Å². The number of furan rings is 1. The van der Waals surface area contributed by atoms with E-state index in [1.807, 2.05) is 0 Å². The van der Waals surface area contributed by atoms with Crippen LogP contribution in [-0.2, 0) is 0 Å². The van der Waals surface area contributed by atoms with Gasteiger partial charge < -0.3 is 14.3 Å². The first-order valence-corrected chi connectivity index (χ1v) is 8.01. The number of rotatable bonds is 5. The number of hydrogen-bond acceptors (Lipinski definition) is 8. The van der Waals surface area contributed by atoms with Crippen molar-refractivity contribution in [3.05, 3.63) is 76.8 Å². The van der Waals surface area contributed by atoms with Crippen LogP contribution in [0.2, 0.25) is 0 Å². The third kappa shape index (κ3) is 3.33. The molecule has 0 saturated heterocycles. The van der Waals surface area contributed by atoms with E-state index in [0.29, 0.717) is 17.1 Å². The molecule has 0 aliphatic carbocycles. The highest BCUT2D eigenvalue weighted by Crippen LogP contribution is 2.29. The molecule has 1 amide bonds. The summed E-state index contributed by atoms with van der Waals surface area (Å²) >= 11 is 0. The van der Waals surface area contributed by atoms with Crippen LogP contribution in [0.25, 0.3) is 22.8 Å². The van der Waals surface area contributed by atoms with E-state index in [1.54, 1.807) is 48.8 Å². The minimum atomic E-state index is -0.718. The van der Waals surface area contributed by atoms with Crippen molar-refractivity contribution in [3.8, 4) is 22.8 Å². The van der Waals surface area contributed by atoms with Crippen molar-refractivity contribution in [3.63, 3.8) is 0 Å². The summed E-state index contributed by atoms with van der Waals surface area (Å²) < 4.78 is 10.2. The maximum atomic E-state index is 12.4. The Morgan fingerprint density at radius 3 is 2.61 bits per heavy atom. The lowest BCUT2D eigenvalue weighted by molar-refractivity contribution is -0.402. The summed E-state index contributed by atoms with van der Waals surface area (Å²) in [5, 5.41) is 17.3. The van der Waals surface area contributed by atoms with Gasteiger partial charge in [-0.15, -0.1) is 0 Å². The lowest BCUT2D eigenvalue weighted by atomic mass is 10.1. The summed E-state index contributed by atoms with van der Waals surface area (Å²) in [6.45, 7) is 0. The predicted octanol–water partition coefficient (Wildman–Crippen LogP) is 3.55. The second-order valence-corrected chi connectivity index (χ2v) is 5.55. The number of benzene rings is 1. The maximum Gasteiger partial charge on any atom is 0.433 e. The number of nitro groups is 1. The molecule has 0 unspecified atom stereocenters. The molecule has 0 spiro atoms. The average molecular weight is 377 g/mol. The number of hydrogen-bond donors (Lipinski definition) is 1. The van der Waals surface area contributed by atoms with Crippen LogP contribution in [0, 0.1) is 10.1 Å². The summed E-state index contributed by atoms with van der Waals surface area (Å²) in [5.74, 6) is -0.774. The van der Waals surface area contributed by atoms with Gasteiger partial charge in [-0.1, -0.05) is 17.3 Å². The summed E-state index contributed by atoms with van der Waals surface area (Å²) in [6.07, 6.45) is 3.23. The highest BCUT2D eigenvalue weighted by Gasteiger charge is 2.20. The van der Waals surface area contributed by atoms with Gasteiger partial charge in [-0.3, -0.25) is 19.9 Å². The van der Waals surface area contributed by atoms with Crippen LogP contribution in [0.1, 0.15) is 10.6 Å². The number of amides is 1. The van der Waals surface area contributed by atoms with E-state index in [4.69, 9.17) is 8.94 Å². The number of para-hydroxylation sites is 1. The zero-order chi connectivity index (χ0) is 19.5. The first-order valence-electron chi connectivity index (χ1n) is 8.01.